The van der Waals surface area contributed by atoms with E-state index in [0.29, 0.717) is 18.4 Å². The molecule has 1 aromatic carbocycles. The number of carbonyl (C=O) groups excluding carboxylic acids is 1. The first-order chi connectivity index (χ1) is 8.28. The highest BCUT2D eigenvalue weighted by Crippen LogP contribution is 2.22. The van der Waals surface area contributed by atoms with E-state index in [1.807, 2.05) is 31.2 Å². The van der Waals surface area contributed by atoms with Crippen LogP contribution in [0.4, 0.5) is 0 Å². The molecule has 0 bridgehead atoms. The molecule has 1 aliphatic carbocycles. The molecule has 0 atom stereocenters. The number of benzene rings is 1. The molecule has 17 heavy (non-hydrogen) atoms. The van der Waals surface area contributed by atoms with E-state index in [9.17, 15) is 4.79 Å². The van der Waals surface area contributed by atoms with E-state index in [4.69, 9.17) is 4.74 Å². The van der Waals surface area contributed by atoms with Gasteiger partial charge in [0, 0.05) is 10.9 Å². The molecule has 1 amide bonds. The maximum Gasteiger partial charge on any atom is 0.230 e. The zero-order valence-corrected chi connectivity index (χ0v) is 10.8. The van der Waals surface area contributed by atoms with Crippen molar-refractivity contribution < 1.29 is 9.53 Å². The number of ether oxygens (including phenoxy) is 1. The number of thioether (sulfide) groups is 1. The van der Waals surface area contributed by atoms with E-state index in [1.54, 1.807) is 11.8 Å². The molecular weight excluding hydrogens is 234 g/mol. The molecule has 0 aromatic heterocycles. The molecular formula is C13H17NO2S. The molecule has 1 N–H and O–H groups in total. The number of hydrogen-bond acceptors (Lipinski definition) is 3. The van der Waals surface area contributed by atoms with Crippen LogP contribution in [0.15, 0.2) is 29.2 Å². The summed E-state index contributed by atoms with van der Waals surface area (Å²) in [6, 6.07) is 8.29. The van der Waals surface area contributed by atoms with Crippen molar-refractivity contribution in [2.45, 2.75) is 30.7 Å². The summed E-state index contributed by atoms with van der Waals surface area (Å²) in [5.41, 5.74) is 0. The van der Waals surface area contributed by atoms with Gasteiger partial charge >= 0.3 is 0 Å². The average Bonchev–Trinajstić information content (AvgIpc) is 3.12. The second-order valence-electron chi connectivity index (χ2n) is 4.03. The Bertz CT molecular complexity index is 374. The van der Waals surface area contributed by atoms with E-state index in [1.165, 1.54) is 0 Å². The topological polar surface area (TPSA) is 38.3 Å². The van der Waals surface area contributed by atoms with Gasteiger partial charge in [-0.2, -0.15) is 0 Å². The van der Waals surface area contributed by atoms with Crippen molar-refractivity contribution in [3.05, 3.63) is 24.3 Å². The average molecular weight is 251 g/mol. The lowest BCUT2D eigenvalue weighted by atomic mass is 10.3. The molecule has 3 nitrogen and oxygen atoms in total. The minimum Gasteiger partial charge on any atom is -0.494 e. The lowest BCUT2D eigenvalue weighted by Gasteiger charge is -2.05. The third-order valence-corrected chi connectivity index (χ3v) is 3.46. The number of rotatable bonds is 6. The Morgan fingerprint density at radius 1 is 1.41 bits per heavy atom. The van der Waals surface area contributed by atoms with E-state index < -0.39 is 0 Å². The molecule has 0 radical (unpaired) electrons. The van der Waals surface area contributed by atoms with Crippen LogP contribution in [0.1, 0.15) is 19.8 Å². The largest absolute Gasteiger partial charge is 0.494 e. The summed E-state index contributed by atoms with van der Waals surface area (Å²) in [4.78, 5) is 12.6. The van der Waals surface area contributed by atoms with Gasteiger partial charge in [0.25, 0.3) is 0 Å². The van der Waals surface area contributed by atoms with Crippen molar-refractivity contribution in [2.24, 2.45) is 0 Å². The minimum atomic E-state index is 0.131. The van der Waals surface area contributed by atoms with Gasteiger partial charge in [-0.3, -0.25) is 4.79 Å². The molecule has 0 unspecified atom stereocenters. The quantitative estimate of drug-likeness (QED) is 0.789. The molecule has 0 saturated heterocycles. The third-order valence-electron chi connectivity index (χ3n) is 2.45. The van der Waals surface area contributed by atoms with Gasteiger partial charge in [0.1, 0.15) is 5.75 Å². The molecule has 4 heteroatoms. The van der Waals surface area contributed by atoms with Crippen molar-refractivity contribution >= 4 is 17.7 Å². The first-order valence-electron chi connectivity index (χ1n) is 5.93. The van der Waals surface area contributed by atoms with Crippen molar-refractivity contribution in [1.82, 2.24) is 5.32 Å². The van der Waals surface area contributed by atoms with Gasteiger partial charge in [0.2, 0.25) is 5.91 Å². The normalized spacial score (nSPS) is 14.4. The van der Waals surface area contributed by atoms with Crippen LogP contribution in [0.5, 0.6) is 5.75 Å². The number of hydrogen-bond donors (Lipinski definition) is 1. The van der Waals surface area contributed by atoms with Gasteiger partial charge in [-0.1, -0.05) is 0 Å². The van der Waals surface area contributed by atoms with Crippen molar-refractivity contribution in [3.8, 4) is 5.75 Å². The highest BCUT2D eigenvalue weighted by molar-refractivity contribution is 8.00. The zero-order valence-electron chi connectivity index (χ0n) is 9.94. The summed E-state index contributed by atoms with van der Waals surface area (Å²) in [6.07, 6.45) is 2.28. The highest BCUT2D eigenvalue weighted by atomic mass is 32.2. The summed E-state index contributed by atoms with van der Waals surface area (Å²) in [7, 11) is 0. The molecule has 0 aliphatic heterocycles. The standard InChI is InChI=1S/C13H17NO2S/c1-2-16-11-5-7-12(8-6-11)17-9-13(15)14-10-3-4-10/h5-8,10H,2-4,9H2,1H3,(H,14,15). The Hall–Kier alpha value is -1.16. The molecule has 1 aromatic rings. The summed E-state index contributed by atoms with van der Waals surface area (Å²) >= 11 is 1.56. The van der Waals surface area contributed by atoms with Crippen LogP contribution in [0.2, 0.25) is 0 Å². The summed E-state index contributed by atoms with van der Waals surface area (Å²) in [6.45, 7) is 2.64. The highest BCUT2D eigenvalue weighted by Gasteiger charge is 2.22. The molecule has 92 valence electrons. The van der Waals surface area contributed by atoms with Crippen LogP contribution in [-0.4, -0.2) is 24.3 Å². The Kier molecular flexibility index (Phi) is 4.31. The molecule has 1 saturated carbocycles. The lowest BCUT2D eigenvalue weighted by Crippen LogP contribution is -2.26. The lowest BCUT2D eigenvalue weighted by molar-refractivity contribution is -0.118. The Balaban J connectivity index is 1.75. The zero-order chi connectivity index (χ0) is 12.1. The predicted octanol–water partition coefficient (Wildman–Crippen LogP) is 2.46. The Morgan fingerprint density at radius 2 is 2.12 bits per heavy atom. The summed E-state index contributed by atoms with van der Waals surface area (Å²) < 4.78 is 5.36. The molecule has 1 aliphatic rings. The van der Waals surface area contributed by atoms with E-state index >= 15 is 0 Å². The first-order valence-corrected chi connectivity index (χ1v) is 6.91. The van der Waals surface area contributed by atoms with Gasteiger partial charge in [-0.05, 0) is 44.0 Å². The Labute approximate surface area is 106 Å². The van der Waals surface area contributed by atoms with Gasteiger partial charge < -0.3 is 10.1 Å². The van der Waals surface area contributed by atoms with Crippen molar-refractivity contribution in [1.29, 1.82) is 0 Å². The predicted molar refractivity (Wildman–Crippen MR) is 69.5 cm³/mol. The van der Waals surface area contributed by atoms with Gasteiger partial charge in [-0.25, -0.2) is 0 Å². The molecule has 0 heterocycles. The van der Waals surface area contributed by atoms with Gasteiger partial charge in [0.05, 0.1) is 12.4 Å². The number of carbonyl (C=O) groups is 1. The van der Waals surface area contributed by atoms with E-state index in [-0.39, 0.29) is 5.91 Å². The van der Waals surface area contributed by atoms with Crippen LogP contribution in [0.3, 0.4) is 0 Å². The van der Waals surface area contributed by atoms with Crippen LogP contribution >= 0.6 is 11.8 Å². The number of amides is 1. The van der Waals surface area contributed by atoms with Crippen LogP contribution in [0.25, 0.3) is 0 Å². The maximum absolute atomic E-state index is 11.5. The fraction of sp³-hybridized carbons (Fsp3) is 0.462. The molecule has 2 rings (SSSR count). The van der Waals surface area contributed by atoms with Crippen LogP contribution < -0.4 is 10.1 Å². The number of nitrogens with one attached hydrogen (secondary N) is 1. The second kappa shape index (κ2) is 5.96. The summed E-state index contributed by atoms with van der Waals surface area (Å²) in [5.74, 6) is 1.50. The van der Waals surface area contributed by atoms with Crippen LogP contribution in [-0.2, 0) is 4.79 Å². The maximum atomic E-state index is 11.5. The first kappa shape index (κ1) is 12.3. The summed E-state index contributed by atoms with van der Waals surface area (Å²) in [5, 5.41) is 2.97. The van der Waals surface area contributed by atoms with Crippen molar-refractivity contribution in [2.75, 3.05) is 12.4 Å². The van der Waals surface area contributed by atoms with Crippen LogP contribution in [0, 0.1) is 0 Å². The molecule has 0 spiro atoms. The van der Waals surface area contributed by atoms with E-state index in [2.05, 4.69) is 5.32 Å². The fourth-order valence-corrected chi connectivity index (χ4v) is 2.15. The molecule has 1 fully saturated rings. The minimum absolute atomic E-state index is 0.131. The monoisotopic (exact) mass is 251 g/mol. The fourth-order valence-electron chi connectivity index (χ4n) is 1.44. The Morgan fingerprint density at radius 3 is 2.71 bits per heavy atom. The van der Waals surface area contributed by atoms with E-state index in [0.717, 1.165) is 23.5 Å². The smallest absolute Gasteiger partial charge is 0.230 e. The van der Waals surface area contributed by atoms with Gasteiger partial charge in [-0.15, -0.1) is 11.8 Å². The van der Waals surface area contributed by atoms with Crippen molar-refractivity contribution in [3.63, 3.8) is 0 Å². The van der Waals surface area contributed by atoms with Gasteiger partial charge in [0.15, 0.2) is 0 Å². The second-order valence-corrected chi connectivity index (χ2v) is 5.08. The third kappa shape index (κ3) is 4.30. The SMILES string of the molecule is CCOc1ccc(SCC(=O)NC2CC2)cc1.